The molecular weight excluding hydrogens is 436 g/mol. The molecule has 174 valence electrons. The first kappa shape index (κ1) is 24.5. The number of carbonyl (C=O) groups is 1. The fourth-order valence-corrected chi connectivity index (χ4v) is 4.50. The lowest BCUT2D eigenvalue weighted by atomic mass is 10.1. The smallest absolute Gasteiger partial charge is 0.344 e. The van der Waals surface area contributed by atoms with Gasteiger partial charge in [-0.05, 0) is 58.0 Å². The zero-order valence-electron chi connectivity index (χ0n) is 19.7. The van der Waals surface area contributed by atoms with Crippen LogP contribution in [0.3, 0.4) is 0 Å². The van der Waals surface area contributed by atoms with Gasteiger partial charge in [0.15, 0.2) is 0 Å². The monoisotopic (exact) mass is 466 g/mol. The molecule has 1 heterocycles. The van der Waals surface area contributed by atoms with Crippen molar-refractivity contribution >= 4 is 40.2 Å². The number of methoxy groups -OCH3 is 1. The van der Waals surface area contributed by atoms with E-state index in [0.29, 0.717) is 21.4 Å². The van der Waals surface area contributed by atoms with E-state index in [1.807, 2.05) is 55.5 Å². The number of esters is 1. The molecule has 6 nitrogen and oxygen atoms in total. The van der Waals surface area contributed by atoms with Crippen LogP contribution in [0.25, 0.3) is 6.08 Å². The largest absolute Gasteiger partial charge is 0.506 e. The summed E-state index contributed by atoms with van der Waals surface area (Å²) >= 11 is 1.23. The number of benzene rings is 2. The molecule has 0 saturated heterocycles. The fraction of sp³-hybridized carbons (Fsp3) is 0.308. The number of thioether (sulfide) groups is 1. The van der Waals surface area contributed by atoms with Crippen LogP contribution in [-0.2, 0) is 9.53 Å². The van der Waals surface area contributed by atoms with E-state index in [0.717, 1.165) is 29.9 Å². The van der Waals surface area contributed by atoms with Crippen molar-refractivity contribution in [2.45, 2.75) is 27.7 Å². The Kier molecular flexibility index (Phi) is 8.22. The van der Waals surface area contributed by atoms with Gasteiger partial charge in [-0.3, -0.25) is 0 Å². The molecule has 0 spiro atoms. The topological polar surface area (TPSA) is 71.4 Å². The molecule has 0 saturated carbocycles. The molecule has 0 radical (unpaired) electrons. The molecule has 1 N–H and O–H groups in total. The van der Waals surface area contributed by atoms with E-state index >= 15 is 0 Å². The van der Waals surface area contributed by atoms with Crippen LogP contribution < -0.4 is 9.64 Å². The molecule has 2 aromatic rings. The molecule has 2 aromatic carbocycles. The maximum Gasteiger partial charge on any atom is 0.344 e. The SMILES string of the molecule is CCOC(=O)C1=C(O)C(=Cc2ccc(N(CC)CC)cc2OC)SC1=Nc1ccc(C)cc1. The molecule has 0 amide bonds. The van der Waals surface area contributed by atoms with Crippen LogP contribution in [0.2, 0.25) is 0 Å². The lowest BCUT2D eigenvalue weighted by Gasteiger charge is -2.22. The average Bonchev–Trinajstić information content (AvgIpc) is 3.11. The van der Waals surface area contributed by atoms with Crippen molar-refractivity contribution in [2.75, 3.05) is 31.7 Å². The number of rotatable bonds is 8. The number of aliphatic imine (C=N–C) groups is 1. The predicted molar refractivity (Wildman–Crippen MR) is 137 cm³/mol. The Bertz CT molecular complexity index is 1100. The van der Waals surface area contributed by atoms with Crippen LogP contribution in [0, 0.1) is 6.92 Å². The summed E-state index contributed by atoms with van der Waals surface area (Å²) in [4.78, 5) is 20.0. The first-order valence-electron chi connectivity index (χ1n) is 11.0. The van der Waals surface area contributed by atoms with Gasteiger partial charge in [-0.15, -0.1) is 0 Å². The highest BCUT2D eigenvalue weighted by Crippen LogP contribution is 2.41. The molecule has 0 aromatic heterocycles. The summed E-state index contributed by atoms with van der Waals surface area (Å²) in [6, 6.07) is 13.6. The number of aliphatic hydroxyl groups excluding tert-OH is 1. The number of anilines is 1. The van der Waals surface area contributed by atoms with Crippen molar-refractivity contribution in [3.63, 3.8) is 0 Å². The van der Waals surface area contributed by atoms with E-state index in [2.05, 4.69) is 23.7 Å². The highest BCUT2D eigenvalue weighted by atomic mass is 32.2. The van der Waals surface area contributed by atoms with Gasteiger partial charge < -0.3 is 19.5 Å². The number of hydrogen-bond donors (Lipinski definition) is 1. The van der Waals surface area contributed by atoms with Gasteiger partial charge in [-0.1, -0.05) is 29.5 Å². The van der Waals surface area contributed by atoms with E-state index in [9.17, 15) is 9.90 Å². The molecule has 0 unspecified atom stereocenters. The number of aliphatic hydroxyl groups is 1. The van der Waals surface area contributed by atoms with Crippen LogP contribution in [0.15, 0.2) is 63.7 Å². The second kappa shape index (κ2) is 11.1. The minimum atomic E-state index is -0.597. The maximum absolute atomic E-state index is 12.6. The first-order chi connectivity index (χ1) is 15.9. The van der Waals surface area contributed by atoms with Crippen molar-refractivity contribution in [3.8, 4) is 5.75 Å². The summed E-state index contributed by atoms with van der Waals surface area (Å²) in [5.74, 6) is -0.0540. The Labute approximate surface area is 199 Å². The number of aryl methyl sites for hydroxylation is 1. The van der Waals surface area contributed by atoms with Gasteiger partial charge >= 0.3 is 5.97 Å². The van der Waals surface area contributed by atoms with Crippen molar-refractivity contribution in [1.29, 1.82) is 0 Å². The van der Waals surface area contributed by atoms with Crippen molar-refractivity contribution in [3.05, 3.63) is 69.8 Å². The normalized spacial score (nSPS) is 15.9. The van der Waals surface area contributed by atoms with E-state index in [1.165, 1.54) is 11.8 Å². The molecular formula is C26H30N2O4S. The number of hydrogen-bond acceptors (Lipinski definition) is 7. The quantitative estimate of drug-likeness (QED) is 0.478. The predicted octanol–water partition coefficient (Wildman–Crippen LogP) is 6.04. The number of carbonyl (C=O) groups excluding carboxylic acids is 1. The first-order valence-corrected chi connectivity index (χ1v) is 11.8. The summed E-state index contributed by atoms with van der Waals surface area (Å²) in [6.07, 6.45) is 1.81. The third kappa shape index (κ3) is 5.60. The maximum atomic E-state index is 12.6. The standard InChI is InChI=1S/C26H30N2O4S/c1-6-28(7-2)20-14-11-18(21(16-20)31-5)15-22-24(29)23(26(30)32-8-3)25(33-22)27-19-12-9-17(4)10-13-19/h9-16,29H,6-8H2,1-5H3. The molecule has 0 aliphatic carbocycles. The summed E-state index contributed by atoms with van der Waals surface area (Å²) < 4.78 is 10.8. The van der Waals surface area contributed by atoms with E-state index in [-0.39, 0.29) is 17.9 Å². The zero-order chi connectivity index (χ0) is 24.0. The molecule has 3 rings (SSSR count). The minimum absolute atomic E-state index is 0.0763. The Hall–Kier alpha value is -3.19. The number of ether oxygens (including phenoxy) is 2. The Balaban J connectivity index is 2.04. The molecule has 0 bridgehead atoms. The zero-order valence-corrected chi connectivity index (χ0v) is 20.5. The van der Waals surface area contributed by atoms with Crippen LogP contribution in [0.5, 0.6) is 5.75 Å². The van der Waals surface area contributed by atoms with E-state index in [4.69, 9.17) is 9.47 Å². The third-order valence-electron chi connectivity index (χ3n) is 5.27. The Morgan fingerprint density at radius 2 is 1.82 bits per heavy atom. The van der Waals surface area contributed by atoms with Gasteiger partial charge in [0.05, 0.1) is 24.3 Å². The van der Waals surface area contributed by atoms with Gasteiger partial charge in [0.25, 0.3) is 0 Å². The highest BCUT2D eigenvalue weighted by Gasteiger charge is 2.33. The summed E-state index contributed by atoms with van der Waals surface area (Å²) in [5.41, 5.74) is 3.74. The fourth-order valence-electron chi connectivity index (χ4n) is 3.47. The van der Waals surface area contributed by atoms with Crippen molar-refractivity contribution in [2.24, 2.45) is 4.99 Å². The highest BCUT2D eigenvalue weighted by molar-refractivity contribution is 8.18. The van der Waals surface area contributed by atoms with Gasteiger partial charge in [-0.2, -0.15) is 0 Å². The number of nitrogens with zero attached hydrogens (tertiary/aromatic N) is 2. The average molecular weight is 467 g/mol. The van der Waals surface area contributed by atoms with Crippen molar-refractivity contribution in [1.82, 2.24) is 0 Å². The van der Waals surface area contributed by atoms with Crippen LogP contribution >= 0.6 is 11.8 Å². The van der Waals surface area contributed by atoms with Crippen LogP contribution in [0.4, 0.5) is 11.4 Å². The van der Waals surface area contributed by atoms with Crippen molar-refractivity contribution < 1.29 is 19.4 Å². The van der Waals surface area contributed by atoms with Gasteiger partial charge in [0.1, 0.15) is 22.1 Å². The lowest BCUT2D eigenvalue weighted by Crippen LogP contribution is -2.21. The van der Waals surface area contributed by atoms with E-state index < -0.39 is 5.97 Å². The third-order valence-corrected chi connectivity index (χ3v) is 6.29. The van der Waals surface area contributed by atoms with Crippen LogP contribution in [-0.4, -0.2) is 42.9 Å². The molecule has 7 heteroatoms. The van der Waals surface area contributed by atoms with Gasteiger partial charge in [-0.25, -0.2) is 9.79 Å². The minimum Gasteiger partial charge on any atom is -0.506 e. The Morgan fingerprint density at radius 1 is 1.12 bits per heavy atom. The molecule has 1 aliphatic heterocycles. The second-order valence-corrected chi connectivity index (χ2v) is 8.44. The molecule has 0 fully saturated rings. The summed E-state index contributed by atoms with van der Waals surface area (Å²) in [5, 5.41) is 11.3. The van der Waals surface area contributed by atoms with E-state index in [1.54, 1.807) is 14.0 Å². The second-order valence-electron chi connectivity index (χ2n) is 7.41. The van der Waals surface area contributed by atoms with Gasteiger partial charge in [0.2, 0.25) is 0 Å². The Morgan fingerprint density at radius 3 is 2.42 bits per heavy atom. The molecule has 33 heavy (non-hydrogen) atoms. The lowest BCUT2D eigenvalue weighted by molar-refractivity contribution is -0.138. The van der Waals surface area contributed by atoms with Crippen LogP contribution in [0.1, 0.15) is 31.9 Å². The summed E-state index contributed by atoms with van der Waals surface area (Å²) in [7, 11) is 1.62. The van der Waals surface area contributed by atoms with Gasteiger partial charge in [0, 0.05) is 30.4 Å². The molecule has 1 aliphatic rings. The molecule has 0 atom stereocenters. The summed E-state index contributed by atoms with van der Waals surface area (Å²) in [6.45, 7) is 9.93.